The number of carbonyl (C=O) groups excluding carboxylic acids is 1. The van der Waals surface area contributed by atoms with Gasteiger partial charge in [-0.15, -0.1) is 0 Å². The first kappa shape index (κ1) is 13.1. The van der Waals surface area contributed by atoms with Crippen molar-refractivity contribution in [1.29, 1.82) is 0 Å². The quantitative estimate of drug-likeness (QED) is 0.893. The second-order valence-corrected chi connectivity index (χ2v) is 5.08. The van der Waals surface area contributed by atoms with Gasteiger partial charge < -0.3 is 14.4 Å². The van der Waals surface area contributed by atoms with Crippen molar-refractivity contribution in [1.82, 2.24) is 4.90 Å². The summed E-state index contributed by atoms with van der Waals surface area (Å²) in [6.45, 7) is 0.274. The van der Waals surface area contributed by atoms with Crippen LogP contribution in [0.2, 0.25) is 0 Å². The second-order valence-electron chi connectivity index (χ2n) is 5.08. The van der Waals surface area contributed by atoms with Gasteiger partial charge >= 0.3 is 0 Å². The maximum atomic E-state index is 12.1. The van der Waals surface area contributed by atoms with E-state index in [4.69, 9.17) is 9.52 Å². The van der Waals surface area contributed by atoms with Crippen molar-refractivity contribution in [3.63, 3.8) is 0 Å². The molecule has 0 saturated heterocycles. The summed E-state index contributed by atoms with van der Waals surface area (Å²) >= 11 is 0. The van der Waals surface area contributed by atoms with E-state index in [1.54, 1.807) is 17.0 Å². The number of carbonyl (C=O) groups is 1. The van der Waals surface area contributed by atoms with Crippen LogP contribution in [-0.4, -0.2) is 35.6 Å². The third-order valence-electron chi connectivity index (χ3n) is 3.95. The summed E-state index contributed by atoms with van der Waals surface area (Å²) < 4.78 is 5.14. The lowest BCUT2D eigenvalue weighted by atomic mass is 9.84. The zero-order valence-electron chi connectivity index (χ0n) is 10.8. The van der Waals surface area contributed by atoms with Crippen molar-refractivity contribution >= 4 is 5.91 Å². The lowest BCUT2D eigenvalue weighted by Crippen LogP contribution is -2.39. The highest BCUT2D eigenvalue weighted by atomic mass is 16.3. The third kappa shape index (κ3) is 2.93. The minimum atomic E-state index is -0.0365. The highest BCUT2D eigenvalue weighted by Gasteiger charge is 2.27. The van der Waals surface area contributed by atoms with E-state index < -0.39 is 0 Å². The SMILES string of the molecule is CN(C(=O)c1ccco1)C1CCC(CCO)CC1. The Balaban J connectivity index is 1.87. The zero-order chi connectivity index (χ0) is 13.0. The largest absolute Gasteiger partial charge is 0.459 e. The molecule has 18 heavy (non-hydrogen) atoms. The molecule has 0 aromatic carbocycles. The van der Waals surface area contributed by atoms with Crippen LogP contribution < -0.4 is 0 Å². The van der Waals surface area contributed by atoms with Gasteiger partial charge in [-0.25, -0.2) is 0 Å². The average Bonchev–Trinajstić information content (AvgIpc) is 2.92. The molecule has 4 nitrogen and oxygen atoms in total. The molecule has 4 heteroatoms. The van der Waals surface area contributed by atoms with Gasteiger partial charge in [-0.3, -0.25) is 4.79 Å². The molecule has 0 aliphatic heterocycles. The Morgan fingerprint density at radius 2 is 2.17 bits per heavy atom. The Morgan fingerprint density at radius 1 is 1.44 bits per heavy atom. The molecule has 1 heterocycles. The summed E-state index contributed by atoms with van der Waals surface area (Å²) in [7, 11) is 1.85. The summed E-state index contributed by atoms with van der Waals surface area (Å²) in [4.78, 5) is 13.9. The van der Waals surface area contributed by atoms with Crippen molar-refractivity contribution in [3.05, 3.63) is 24.2 Å². The van der Waals surface area contributed by atoms with Crippen LogP contribution in [0.4, 0.5) is 0 Å². The Kier molecular flexibility index (Phi) is 4.42. The highest BCUT2D eigenvalue weighted by molar-refractivity contribution is 5.91. The molecule has 0 unspecified atom stereocenters. The standard InChI is InChI=1S/C14H21NO3/c1-15(14(17)13-3-2-10-18-13)12-6-4-11(5-7-12)8-9-16/h2-3,10-12,16H,4-9H2,1H3. The fourth-order valence-electron chi connectivity index (χ4n) is 2.74. The summed E-state index contributed by atoms with van der Waals surface area (Å²) in [6, 6.07) is 3.74. The van der Waals surface area contributed by atoms with Crippen LogP contribution in [0.25, 0.3) is 0 Å². The predicted octanol–water partition coefficient (Wildman–Crippen LogP) is 2.29. The highest BCUT2D eigenvalue weighted by Crippen LogP contribution is 2.29. The molecule has 1 aromatic heterocycles. The predicted molar refractivity (Wildman–Crippen MR) is 68.3 cm³/mol. The molecule has 0 spiro atoms. The first-order chi connectivity index (χ1) is 8.72. The van der Waals surface area contributed by atoms with Crippen molar-refractivity contribution in [3.8, 4) is 0 Å². The first-order valence-corrected chi connectivity index (χ1v) is 6.64. The smallest absolute Gasteiger partial charge is 0.289 e. The van der Waals surface area contributed by atoms with E-state index in [1.165, 1.54) is 6.26 Å². The molecular formula is C14H21NO3. The lowest BCUT2D eigenvalue weighted by Gasteiger charge is -2.34. The van der Waals surface area contributed by atoms with Crippen LogP contribution in [0, 0.1) is 5.92 Å². The minimum Gasteiger partial charge on any atom is -0.459 e. The lowest BCUT2D eigenvalue weighted by molar-refractivity contribution is 0.0635. The number of furan rings is 1. The normalized spacial score (nSPS) is 23.9. The molecule has 1 amide bonds. The summed E-state index contributed by atoms with van der Waals surface area (Å²) in [5, 5.41) is 8.93. The zero-order valence-corrected chi connectivity index (χ0v) is 10.8. The van der Waals surface area contributed by atoms with Crippen molar-refractivity contribution < 1.29 is 14.3 Å². The van der Waals surface area contributed by atoms with E-state index in [1.807, 2.05) is 7.05 Å². The van der Waals surface area contributed by atoms with Crippen LogP contribution in [0.15, 0.2) is 22.8 Å². The molecule has 1 N–H and O–H groups in total. The van der Waals surface area contributed by atoms with Gasteiger partial charge in [-0.2, -0.15) is 0 Å². The van der Waals surface area contributed by atoms with Gasteiger partial charge in [0, 0.05) is 19.7 Å². The van der Waals surface area contributed by atoms with Gasteiger partial charge in [0.1, 0.15) is 0 Å². The molecule has 100 valence electrons. The molecule has 0 atom stereocenters. The maximum Gasteiger partial charge on any atom is 0.289 e. The fraction of sp³-hybridized carbons (Fsp3) is 0.643. The van der Waals surface area contributed by atoms with Crippen LogP contribution in [0.1, 0.15) is 42.7 Å². The van der Waals surface area contributed by atoms with E-state index >= 15 is 0 Å². The Morgan fingerprint density at radius 3 is 2.72 bits per heavy atom. The van der Waals surface area contributed by atoms with Crippen molar-refractivity contribution in [2.24, 2.45) is 5.92 Å². The number of aliphatic hydroxyl groups is 1. The number of amides is 1. The van der Waals surface area contributed by atoms with Crippen LogP contribution in [0.3, 0.4) is 0 Å². The van der Waals surface area contributed by atoms with E-state index in [0.717, 1.165) is 32.1 Å². The van der Waals surface area contributed by atoms with Gasteiger partial charge in [0.05, 0.1) is 6.26 Å². The summed E-state index contributed by atoms with van der Waals surface area (Å²) in [6.07, 6.45) is 6.66. The topological polar surface area (TPSA) is 53.7 Å². The molecule has 0 bridgehead atoms. The van der Waals surface area contributed by atoms with E-state index in [0.29, 0.717) is 17.7 Å². The molecule has 1 saturated carbocycles. The van der Waals surface area contributed by atoms with Crippen LogP contribution in [-0.2, 0) is 0 Å². The number of hydrogen-bond acceptors (Lipinski definition) is 3. The van der Waals surface area contributed by atoms with E-state index in [-0.39, 0.29) is 12.5 Å². The molecule has 0 radical (unpaired) electrons. The van der Waals surface area contributed by atoms with Crippen molar-refractivity contribution in [2.45, 2.75) is 38.1 Å². The number of aliphatic hydroxyl groups excluding tert-OH is 1. The van der Waals surface area contributed by atoms with Gasteiger partial charge in [-0.1, -0.05) is 0 Å². The minimum absolute atomic E-state index is 0.0365. The number of rotatable bonds is 4. The molecule has 1 aliphatic carbocycles. The maximum absolute atomic E-state index is 12.1. The second kappa shape index (κ2) is 6.05. The number of nitrogens with zero attached hydrogens (tertiary/aromatic N) is 1. The van der Waals surface area contributed by atoms with E-state index in [2.05, 4.69) is 0 Å². The molecule has 1 aliphatic rings. The fourth-order valence-corrected chi connectivity index (χ4v) is 2.74. The first-order valence-electron chi connectivity index (χ1n) is 6.64. The van der Waals surface area contributed by atoms with E-state index in [9.17, 15) is 4.79 Å². The Bertz CT molecular complexity index is 366. The number of hydrogen-bond donors (Lipinski definition) is 1. The van der Waals surface area contributed by atoms with Gasteiger partial charge in [-0.05, 0) is 50.2 Å². The van der Waals surface area contributed by atoms with Crippen LogP contribution in [0.5, 0.6) is 0 Å². The average molecular weight is 251 g/mol. The molecule has 1 aromatic rings. The van der Waals surface area contributed by atoms with Crippen molar-refractivity contribution in [2.75, 3.05) is 13.7 Å². The molecule has 2 rings (SSSR count). The summed E-state index contributed by atoms with van der Waals surface area (Å²) in [5.41, 5.74) is 0. The van der Waals surface area contributed by atoms with Gasteiger partial charge in [0.15, 0.2) is 5.76 Å². The Labute approximate surface area is 108 Å². The molecular weight excluding hydrogens is 230 g/mol. The van der Waals surface area contributed by atoms with Gasteiger partial charge in [0.2, 0.25) is 0 Å². The van der Waals surface area contributed by atoms with Gasteiger partial charge in [0.25, 0.3) is 5.91 Å². The molecule has 1 fully saturated rings. The monoisotopic (exact) mass is 251 g/mol. The van der Waals surface area contributed by atoms with Crippen LogP contribution >= 0.6 is 0 Å². The Hall–Kier alpha value is -1.29. The third-order valence-corrected chi connectivity index (χ3v) is 3.95. The summed E-state index contributed by atoms with van der Waals surface area (Å²) in [5.74, 6) is 0.999.